The number of aryl methyl sites for hydroxylation is 2. The molecule has 162 valence electrons. The highest BCUT2D eigenvalue weighted by atomic mass is 32.2. The number of benzene rings is 2. The molecule has 0 saturated carbocycles. The van der Waals surface area contributed by atoms with Gasteiger partial charge < -0.3 is 9.15 Å². The molecule has 4 rings (SSSR count). The number of fused-ring (bicyclic) bond motifs is 2. The number of anilines is 1. The van der Waals surface area contributed by atoms with E-state index in [-0.39, 0.29) is 12.2 Å². The van der Waals surface area contributed by atoms with Gasteiger partial charge >= 0.3 is 5.97 Å². The van der Waals surface area contributed by atoms with E-state index in [1.165, 1.54) is 42.3 Å². The van der Waals surface area contributed by atoms with E-state index in [4.69, 9.17) is 9.15 Å². The number of ether oxygens (including phenoxy) is 1. The molecule has 0 saturated heterocycles. The summed E-state index contributed by atoms with van der Waals surface area (Å²) < 4.78 is 35.8. The van der Waals surface area contributed by atoms with Gasteiger partial charge in [-0.3, -0.25) is 14.3 Å². The molecular weight excluding hydrogens is 418 g/mol. The van der Waals surface area contributed by atoms with Crippen LogP contribution in [0.15, 0.2) is 47.1 Å². The zero-order valence-electron chi connectivity index (χ0n) is 17.3. The molecule has 0 fully saturated rings. The third-order valence-corrected chi connectivity index (χ3v) is 5.96. The van der Waals surface area contributed by atoms with E-state index < -0.39 is 22.1 Å². The van der Waals surface area contributed by atoms with Crippen molar-refractivity contribution in [2.75, 3.05) is 11.0 Å². The van der Waals surface area contributed by atoms with Gasteiger partial charge in [0.25, 0.3) is 0 Å². The molecule has 1 aliphatic rings. The molecule has 0 spiro atoms. The average Bonchev–Trinajstić information content (AvgIpc) is 3.31. The van der Waals surface area contributed by atoms with E-state index in [0.29, 0.717) is 11.3 Å². The minimum atomic E-state index is -3.40. The Morgan fingerprint density at radius 2 is 1.81 bits per heavy atom. The van der Waals surface area contributed by atoms with E-state index in [1.807, 2.05) is 6.07 Å². The number of furan rings is 1. The van der Waals surface area contributed by atoms with Crippen molar-refractivity contribution in [3.8, 4) is 0 Å². The lowest BCUT2D eigenvalue weighted by atomic mass is 10.0. The largest absolute Gasteiger partial charge is 0.464 e. The molecular formula is C23H23NO6S. The fraction of sp³-hybridized carbons (Fsp3) is 0.304. The molecule has 1 N–H and O–H groups in total. The number of carbonyl (C=O) groups excluding carboxylic acids is 2. The summed E-state index contributed by atoms with van der Waals surface area (Å²) in [5.41, 5.74) is 4.76. The van der Waals surface area contributed by atoms with Gasteiger partial charge in [0.15, 0.2) is 6.10 Å². The molecule has 2 aromatic carbocycles. The van der Waals surface area contributed by atoms with Crippen molar-refractivity contribution in [1.29, 1.82) is 0 Å². The van der Waals surface area contributed by atoms with Gasteiger partial charge in [-0.15, -0.1) is 0 Å². The number of hydrogen-bond donors (Lipinski definition) is 1. The number of rotatable bonds is 7. The molecule has 0 radical (unpaired) electrons. The van der Waals surface area contributed by atoms with Crippen LogP contribution in [0, 0.1) is 0 Å². The number of sulfonamides is 1. The Morgan fingerprint density at radius 3 is 2.48 bits per heavy atom. The quantitative estimate of drug-likeness (QED) is 0.443. The van der Waals surface area contributed by atoms with Crippen LogP contribution in [0.25, 0.3) is 11.0 Å². The second-order valence-electron chi connectivity index (χ2n) is 7.86. The molecule has 8 heteroatoms. The molecule has 0 bridgehead atoms. The zero-order chi connectivity index (χ0) is 22.2. The highest BCUT2D eigenvalue weighted by Gasteiger charge is 2.22. The highest BCUT2D eigenvalue weighted by molar-refractivity contribution is 7.92. The van der Waals surface area contributed by atoms with Crippen molar-refractivity contribution >= 4 is 38.4 Å². The summed E-state index contributed by atoms with van der Waals surface area (Å²) in [5, 5.41) is 0.908. The standard InChI is InChI=1S/C23H23NO6S/c1-14(23(26)15-6-8-19(9-7-15)24-31(2,27)28)30-22(25)12-18-13-29-21-11-17-5-3-4-16(17)10-20(18)21/h6-11,13-14,24H,3-5,12H2,1-2H3. The van der Waals surface area contributed by atoms with Gasteiger partial charge in [0.1, 0.15) is 5.58 Å². The van der Waals surface area contributed by atoms with Crippen LogP contribution in [0.3, 0.4) is 0 Å². The Kier molecular flexibility index (Phi) is 5.58. The monoisotopic (exact) mass is 441 g/mol. The Hall–Kier alpha value is -3.13. The summed E-state index contributed by atoms with van der Waals surface area (Å²) in [5.74, 6) is -0.881. The number of carbonyl (C=O) groups is 2. The Morgan fingerprint density at radius 1 is 1.13 bits per heavy atom. The number of hydrogen-bond acceptors (Lipinski definition) is 6. The lowest BCUT2D eigenvalue weighted by Crippen LogP contribution is -2.25. The van der Waals surface area contributed by atoms with Gasteiger partial charge in [-0.25, -0.2) is 8.42 Å². The van der Waals surface area contributed by atoms with Crippen LogP contribution in [0.5, 0.6) is 0 Å². The van der Waals surface area contributed by atoms with Gasteiger partial charge in [0, 0.05) is 22.2 Å². The van der Waals surface area contributed by atoms with Crippen molar-refractivity contribution < 1.29 is 27.2 Å². The van der Waals surface area contributed by atoms with Crippen molar-refractivity contribution in [2.24, 2.45) is 0 Å². The molecule has 1 unspecified atom stereocenters. The first-order chi connectivity index (χ1) is 14.7. The van der Waals surface area contributed by atoms with E-state index >= 15 is 0 Å². The van der Waals surface area contributed by atoms with E-state index in [0.717, 1.165) is 42.1 Å². The van der Waals surface area contributed by atoms with E-state index in [2.05, 4.69) is 10.8 Å². The summed E-state index contributed by atoms with van der Waals surface area (Å²) >= 11 is 0. The summed E-state index contributed by atoms with van der Waals surface area (Å²) in [6, 6.07) is 10.1. The summed E-state index contributed by atoms with van der Waals surface area (Å²) in [6.45, 7) is 1.52. The van der Waals surface area contributed by atoms with Crippen LogP contribution in [0.4, 0.5) is 5.69 Å². The summed E-state index contributed by atoms with van der Waals surface area (Å²) in [7, 11) is -3.40. The Bertz CT molecular complexity index is 1260. The van der Waals surface area contributed by atoms with Crippen molar-refractivity contribution in [3.05, 3.63) is 64.9 Å². The first-order valence-electron chi connectivity index (χ1n) is 10.0. The van der Waals surface area contributed by atoms with Crippen LogP contribution < -0.4 is 4.72 Å². The van der Waals surface area contributed by atoms with Crippen molar-refractivity contribution in [3.63, 3.8) is 0 Å². The number of nitrogens with one attached hydrogen (secondary N) is 1. The predicted octanol–water partition coefficient (Wildman–Crippen LogP) is 3.65. The van der Waals surface area contributed by atoms with Crippen LogP contribution in [-0.4, -0.2) is 32.5 Å². The summed E-state index contributed by atoms with van der Waals surface area (Å²) in [4.78, 5) is 25.0. The number of esters is 1. The van der Waals surface area contributed by atoms with Gasteiger partial charge in [0.05, 0.1) is 18.9 Å². The van der Waals surface area contributed by atoms with E-state index in [1.54, 1.807) is 6.26 Å². The Balaban J connectivity index is 1.40. The lowest BCUT2D eigenvalue weighted by Gasteiger charge is -2.13. The van der Waals surface area contributed by atoms with Crippen LogP contribution in [0.2, 0.25) is 0 Å². The van der Waals surface area contributed by atoms with Crippen molar-refractivity contribution in [2.45, 2.75) is 38.7 Å². The minimum Gasteiger partial charge on any atom is -0.464 e. The first-order valence-corrected chi connectivity index (χ1v) is 11.9. The summed E-state index contributed by atoms with van der Waals surface area (Å²) in [6.07, 6.45) is 4.87. The predicted molar refractivity (Wildman–Crippen MR) is 117 cm³/mol. The first kappa shape index (κ1) is 21.1. The number of ketones is 1. The molecule has 0 aliphatic heterocycles. The van der Waals surface area contributed by atoms with Crippen molar-refractivity contribution in [1.82, 2.24) is 0 Å². The highest BCUT2D eigenvalue weighted by Crippen LogP contribution is 2.30. The molecule has 0 amide bonds. The smallest absolute Gasteiger partial charge is 0.311 e. The van der Waals surface area contributed by atoms with Gasteiger partial charge in [-0.05, 0) is 73.7 Å². The molecule has 1 aromatic heterocycles. The third-order valence-electron chi connectivity index (χ3n) is 5.35. The molecule has 1 aliphatic carbocycles. The molecule has 31 heavy (non-hydrogen) atoms. The second-order valence-corrected chi connectivity index (χ2v) is 9.60. The molecule has 7 nitrogen and oxygen atoms in total. The SMILES string of the molecule is CC(OC(=O)Cc1coc2cc3c(cc12)CCC3)C(=O)c1ccc(NS(C)(=O)=O)cc1. The minimum absolute atomic E-state index is 0.0145. The molecule has 1 heterocycles. The lowest BCUT2D eigenvalue weighted by molar-refractivity contribution is -0.145. The molecule has 1 atom stereocenters. The fourth-order valence-electron chi connectivity index (χ4n) is 3.88. The maximum atomic E-state index is 12.6. The zero-order valence-corrected chi connectivity index (χ0v) is 18.1. The maximum absolute atomic E-state index is 12.6. The van der Waals surface area contributed by atoms with E-state index in [9.17, 15) is 18.0 Å². The van der Waals surface area contributed by atoms with Gasteiger partial charge in [0.2, 0.25) is 15.8 Å². The topological polar surface area (TPSA) is 103 Å². The van der Waals surface area contributed by atoms with Gasteiger partial charge in [-0.1, -0.05) is 0 Å². The van der Waals surface area contributed by atoms with Crippen LogP contribution in [-0.2, 0) is 38.8 Å². The third kappa shape index (κ3) is 4.80. The Labute approximate surface area is 180 Å². The number of Topliss-reactive ketones (excluding diaryl/α,β-unsaturated/α-hetero) is 1. The molecule has 3 aromatic rings. The average molecular weight is 442 g/mol. The normalized spacial score (nSPS) is 14.3. The van der Waals surface area contributed by atoms with Crippen LogP contribution >= 0.6 is 0 Å². The van der Waals surface area contributed by atoms with Gasteiger partial charge in [-0.2, -0.15) is 0 Å². The maximum Gasteiger partial charge on any atom is 0.311 e. The second kappa shape index (κ2) is 8.19. The fourth-order valence-corrected chi connectivity index (χ4v) is 4.45. The van der Waals surface area contributed by atoms with Crippen LogP contribution in [0.1, 0.15) is 40.4 Å².